The van der Waals surface area contributed by atoms with Gasteiger partial charge in [0.1, 0.15) is 13.2 Å². The second kappa shape index (κ2) is 6.54. The highest BCUT2D eigenvalue weighted by Crippen LogP contribution is 2.26. The van der Waals surface area contributed by atoms with Crippen LogP contribution < -0.4 is 0 Å². The molecule has 0 aliphatic heterocycles. The largest absolute Gasteiger partial charge is 0.367 e. The molecule has 106 valence electrons. The van der Waals surface area contributed by atoms with Crippen molar-refractivity contribution in [1.29, 1.82) is 0 Å². The zero-order valence-corrected chi connectivity index (χ0v) is 10.8. The lowest BCUT2D eigenvalue weighted by Crippen LogP contribution is -2.33. The van der Waals surface area contributed by atoms with E-state index in [1.807, 2.05) is 0 Å². The van der Waals surface area contributed by atoms with E-state index in [-0.39, 0.29) is 15.6 Å². The predicted octanol–water partition coefficient (Wildman–Crippen LogP) is 4.09. The van der Waals surface area contributed by atoms with Crippen molar-refractivity contribution in [2.24, 2.45) is 0 Å². The lowest BCUT2D eigenvalue weighted by molar-refractivity contribution is -0.163. The first-order valence-corrected chi connectivity index (χ1v) is 5.72. The van der Waals surface area contributed by atoms with Crippen molar-refractivity contribution in [2.75, 3.05) is 13.2 Å². The van der Waals surface area contributed by atoms with E-state index >= 15 is 0 Å². The third kappa shape index (κ3) is 4.33. The minimum atomic E-state index is -4.29. The van der Waals surface area contributed by atoms with Crippen LogP contribution in [-0.4, -0.2) is 31.3 Å². The highest BCUT2D eigenvalue weighted by atomic mass is 35.5. The number of halogens is 6. The number of rotatable bonds is 6. The van der Waals surface area contributed by atoms with E-state index in [2.05, 4.69) is 4.74 Å². The van der Waals surface area contributed by atoms with Gasteiger partial charge >= 0.3 is 12.3 Å². The van der Waals surface area contributed by atoms with E-state index in [1.165, 1.54) is 18.2 Å². The first kappa shape index (κ1) is 16.2. The van der Waals surface area contributed by atoms with Crippen LogP contribution in [0.15, 0.2) is 18.2 Å². The molecular formula is C11H8Cl2F4O2. The summed E-state index contributed by atoms with van der Waals surface area (Å²) in [6, 6.07) is 4.20. The summed E-state index contributed by atoms with van der Waals surface area (Å²) < 4.78 is 53.0. The van der Waals surface area contributed by atoms with Gasteiger partial charge in [-0.3, -0.25) is 4.79 Å². The molecule has 0 aromatic heterocycles. The van der Waals surface area contributed by atoms with E-state index in [0.717, 1.165) is 0 Å². The lowest BCUT2D eigenvalue weighted by Gasteiger charge is -2.14. The molecule has 2 nitrogen and oxygen atoms in total. The molecule has 0 heterocycles. The Bertz CT molecular complexity index is 466. The zero-order valence-electron chi connectivity index (χ0n) is 9.31. The van der Waals surface area contributed by atoms with Gasteiger partial charge in [-0.15, -0.1) is 0 Å². The monoisotopic (exact) mass is 318 g/mol. The van der Waals surface area contributed by atoms with Gasteiger partial charge in [-0.25, -0.2) is 8.78 Å². The molecule has 0 saturated heterocycles. The molecule has 8 heteroatoms. The van der Waals surface area contributed by atoms with Crippen LogP contribution in [-0.2, 0) is 4.74 Å². The van der Waals surface area contributed by atoms with Gasteiger partial charge in [0.2, 0.25) is 0 Å². The van der Waals surface area contributed by atoms with Crippen molar-refractivity contribution in [3.05, 3.63) is 33.8 Å². The minimum Gasteiger partial charge on any atom is -0.367 e. The number of ketones is 1. The van der Waals surface area contributed by atoms with Gasteiger partial charge in [-0.1, -0.05) is 29.3 Å². The predicted molar refractivity (Wildman–Crippen MR) is 62.6 cm³/mol. The Balaban J connectivity index is 2.60. The maximum absolute atomic E-state index is 12.5. The molecule has 0 atom stereocenters. The summed E-state index contributed by atoms with van der Waals surface area (Å²) in [4.78, 5) is 11.6. The molecule has 0 spiro atoms. The quantitative estimate of drug-likeness (QED) is 0.583. The summed E-state index contributed by atoms with van der Waals surface area (Å²) in [6.07, 6.45) is -3.85. The van der Waals surface area contributed by atoms with Gasteiger partial charge in [0.25, 0.3) is 0 Å². The summed E-state index contributed by atoms with van der Waals surface area (Å²) in [6.45, 7) is -2.34. The van der Waals surface area contributed by atoms with Gasteiger partial charge in [0, 0.05) is 5.56 Å². The molecule has 0 aliphatic rings. The highest BCUT2D eigenvalue weighted by molar-refractivity contribution is 6.43. The smallest absolute Gasteiger partial charge is 0.330 e. The number of benzene rings is 1. The first-order valence-electron chi connectivity index (χ1n) is 4.96. The molecule has 0 aliphatic carbocycles. The average Bonchev–Trinajstić information content (AvgIpc) is 2.32. The number of hydrogen-bond acceptors (Lipinski definition) is 2. The number of carbonyl (C=O) groups is 1. The zero-order chi connectivity index (χ0) is 14.6. The first-order chi connectivity index (χ1) is 8.75. The highest BCUT2D eigenvalue weighted by Gasteiger charge is 2.41. The van der Waals surface area contributed by atoms with E-state index in [0.29, 0.717) is 0 Å². The average molecular weight is 319 g/mol. The summed E-state index contributed by atoms with van der Waals surface area (Å²) in [5.41, 5.74) is -0.0190. The Morgan fingerprint density at radius 3 is 2.53 bits per heavy atom. The van der Waals surface area contributed by atoms with Gasteiger partial charge in [0.05, 0.1) is 10.0 Å². The second-order valence-corrected chi connectivity index (χ2v) is 4.36. The summed E-state index contributed by atoms with van der Waals surface area (Å²) in [5, 5.41) is 0.0730. The van der Waals surface area contributed by atoms with Gasteiger partial charge in [0.15, 0.2) is 5.78 Å². The molecule has 0 amide bonds. The number of Topliss-reactive ketones (excluding diaryl/α,β-unsaturated/α-hetero) is 1. The van der Waals surface area contributed by atoms with Crippen molar-refractivity contribution >= 4 is 29.0 Å². The maximum Gasteiger partial charge on any atom is 0.330 e. The Morgan fingerprint density at radius 1 is 1.32 bits per heavy atom. The molecular weight excluding hydrogens is 311 g/mol. The topological polar surface area (TPSA) is 26.3 Å². The minimum absolute atomic E-state index is 0.0190. The standard InChI is InChI=1S/C11H8Cl2F4O2/c12-7-3-1-2-6(9(7)13)8(18)4-19-5-11(16,17)10(14)15/h1-3,10H,4-5H2. The van der Waals surface area contributed by atoms with Crippen LogP contribution in [0.2, 0.25) is 10.0 Å². The molecule has 0 unspecified atom stereocenters. The number of alkyl halides is 4. The van der Waals surface area contributed by atoms with Crippen LogP contribution in [0.25, 0.3) is 0 Å². The van der Waals surface area contributed by atoms with E-state index in [1.54, 1.807) is 0 Å². The van der Waals surface area contributed by atoms with Gasteiger partial charge < -0.3 is 4.74 Å². The van der Waals surface area contributed by atoms with Crippen LogP contribution >= 0.6 is 23.2 Å². The summed E-state index contributed by atoms with van der Waals surface area (Å²) >= 11 is 11.4. The van der Waals surface area contributed by atoms with Crippen LogP contribution in [0.4, 0.5) is 17.6 Å². The molecule has 1 aromatic carbocycles. The molecule has 1 aromatic rings. The number of ether oxygens (including phenoxy) is 1. The Kier molecular flexibility index (Phi) is 5.58. The second-order valence-electron chi connectivity index (χ2n) is 3.58. The van der Waals surface area contributed by atoms with Crippen LogP contribution in [0.5, 0.6) is 0 Å². The molecule has 19 heavy (non-hydrogen) atoms. The fourth-order valence-electron chi connectivity index (χ4n) is 1.14. The van der Waals surface area contributed by atoms with Crippen molar-refractivity contribution in [2.45, 2.75) is 12.3 Å². The van der Waals surface area contributed by atoms with E-state index in [9.17, 15) is 22.4 Å². The molecule has 0 fully saturated rings. The maximum atomic E-state index is 12.5. The van der Waals surface area contributed by atoms with E-state index < -0.39 is 31.3 Å². The molecule has 0 bridgehead atoms. The fraction of sp³-hybridized carbons (Fsp3) is 0.364. The lowest BCUT2D eigenvalue weighted by atomic mass is 10.1. The van der Waals surface area contributed by atoms with Crippen molar-refractivity contribution in [3.63, 3.8) is 0 Å². The van der Waals surface area contributed by atoms with Crippen molar-refractivity contribution in [3.8, 4) is 0 Å². The summed E-state index contributed by atoms with van der Waals surface area (Å²) in [5.74, 6) is -5.02. The van der Waals surface area contributed by atoms with Crippen molar-refractivity contribution < 1.29 is 27.1 Å². The molecule has 1 rings (SSSR count). The van der Waals surface area contributed by atoms with Gasteiger partial charge in [-0.2, -0.15) is 8.78 Å². The molecule has 0 radical (unpaired) electrons. The van der Waals surface area contributed by atoms with Crippen LogP contribution in [0.1, 0.15) is 10.4 Å². The molecule has 0 N–H and O–H groups in total. The van der Waals surface area contributed by atoms with Crippen LogP contribution in [0.3, 0.4) is 0 Å². The molecule has 0 saturated carbocycles. The van der Waals surface area contributed by atoms with Crippen LogP contribution in [0, 0.1) is 0 Å². The van der Waals surface area contributed by atoms with Crippen molar-refractivity contribution in [1.82, 2.24) is 0 Å². The Morgan fingerprint density at radius 2 is 1.95 bits per heavy atom. The third-order valence-corrected chi connectivity index (χ3v) is 2.92. The number of carbonyl (C=O) groups excluding carboxylic acids is 1. The van der Waals surface area contributed by atoms with Gasteiger partial charge in [-0.05, 0) is 12.1 Å². The Hall–Kier alpha value is -0.850. The Labute approximate surface area is 116 Å². The number of hydrogen-bond donors (Lipinski definition) is 0. The normalized spacial score (nSPS) is 11.9. The van der Waals surface area contributed by atoms with E-state index in [4.69, 9.17) is 23.2 Å². The fourth-order valence-corrected chi connectivity index (χ4v) is 1.55. The summed E-state index contributed by atoms with van der Waals surface area (Å²) in [7, 11) is 0. The SMILES string of the molecule is O=C(COCC(F)(F)C(F)F)c1cccc(Cl)c1Cl. The third-order valence-electron chi connectivity index (χ3n) is 2.10.